The molecule has 0 spiro atoms. The molecule has 0 aliphatic rings. The highest BCUT2D eigenvalue weighted by Crippen LogP contribution is 1.81. The molecule has 0 aromatic heterocycles. The zero-order valence-corrected chi connectivity index (χ0v) is 5.20. The molecule has 1 nitrogen and oxygen atoms in total. The molecule has 0 unspecified atom stereocenters. The summed E-state index contributed by atoms with van der Waals surface area (Å²) in [5.41, 5.74) is 5.22. The molecule has 36 valence electrons. The van der Waals surface area contributed by atoms with Crippen molar-refractivity contribution >= 4 is 9.52 Å². The van der Waals surface area contributed by atoms with Crippen LogP contribution in [-0.2, 0) is 0 Å². The third-order valence-corrected chi connectivity index (χ3v) is 1.48. The quantitative estimate of drug-likeness (QED) is 0.407. The molecular formula is C4H11NSi. The van der Waals surface area contributed by atoms with Gasteiger partial charge in [-0.2, -0.15) is 0 Å². The van der Waals surface area contributed by atoms with E-state index in [2.05, 4.69) is 6.55 Å². The fourth-order valence-electron chi connectivity index (χ4n) is 0.279. The van der Waals surface area contributed by atoms with Crippen LogP contribution in [-0.4, -0.2) is 16.1 Å². The summed E-state index contributed by atoms with van der Waals surface area (Å²) in [6.07, 6.45) is 1.20. The van der Waals surface area contributed by atoms with Crippen molar-refractivity contribution in [3.63, 3.8) is 0 Å². The van der Waals surface area contributed by atoms with Gasteiger partial charge in [-0.15, -0.1) is 0 Å². The molecule has 2 heteroatoms. The third kappa shape index (κ3) is 4.18. The summed E-state index contributed by atoms with van der Waals surface area (Å²) < 4.78 is 0. The minimum atomic E-state index is 0.862. The first-order valence-electron chi connectivity index (χ1n) is 2.26. The normalized spacial score (nSPS) is 9.00. The topological polar surface area (TPSA) is 26.0 Å². The van der Waals surface area contributed by atoms with Crippen LogP contribution < -0.4 is 5.73 Å². The van der Waals surface area contributed by atoms with Gasteiger partial charge in [0.05, 0.1) is 0 Å². The van der Waals surface area contributed by atoms with Crippen LogP contribution in [0.15, 0.2) is 0 Å². The maximum Gasteiger partial charge on any atom is 0.0343 e. The molecule has 0 aromatic rings. The van der Waals surface area contributed by atoms with Gasteiger partial charge in [-0.05, 0) is 13.0 Å². The lowest BCUT2D eigenvalue weighted by atomic mass is 10.5. The van der Waals surface area contributed by atoms with Crippen LogP contribution in [0.25, 0.3) is 0 Å². The van der Waals surface area contributed by atoms with Crippen molar-refractivity contribution in [3.8, 4) is 0 Å². The molecule has 0 heterocycles. The highest BCUT2D eigenvalue weighted by molar-refractivity contribution is 6.33. The molecular weight excluding hydrogens is 90.1 g/mol. The Hall–Kier alpha value is 0.177. The molecule has 0 saturated heterocycles. The van der Waals surface area contributed by atoms with Crippen molar-refractivity contribution in [2.75, 3.05) is 6.54 Å². The van der Waals surface area contributed by atoms with Gasteiger partial charge < -0.3 is 5.73 Å². The van der Waals surface area contributed by atoms with Crippen LogP contribution in [0, 0.1) is 0 Å². The smallest absolute Gasteiger partial charge is 0.0343 e. The van der Waals surface area contributed by atoms with Crippen LogP contribution >= 0.6 is 0 Å². The third-order valence-electron chi connectivity index (χ3n) is 0.631. The highest BCUT2D eigenvalue weighted by Gasteiger charge is 1.76. The summed E-state index contributed by atoms with van der Waals surface area (Å²) in [4.78, 5) is 0. The van der Waals surface area contributed by atoms with Gasteiger partial charge in [0.1, 0.15) is 0 Å². The van der Waals surface area contributed by atoms with Crippen molar-refractivity contribution in [1.29, 1.82) is 0 Å². The first kappa shape index (κ1) is 6.18. The monoisotopic (exact) mass is 101 g/mol. The van der Waals surface area contributed by atoms with Gasteiger partial charge in [-0.1, -0.05) is 12.6 Å². The number of hydrogen-bond acceptors (Lipinski definition) is 1. The zero-order chi connectivity index (χ0) is 4.83. The summed E-state index contributed by atoms with van der Waals surface area (Å²) >= 11 is 0. The SMILES string of the molecule is C[Si]CCCN. The minimum absolute atomic E-state index is 0.862. The highest BCUT2D eigenvalue weighted by atomic mass is 28.2. The van der Waals surface area contributed by atoms with E-state index in [0.717, 1.165) is 16.1 Å². The lowest BCUT2D eigenvalue weighted by Gasteiger charge is -1.85. The van der Waals surface area contributed by atoms with Crippen molar-refractivity contribution in [3.05, 3.63) is 0 Å². The summed E-state index contributed by atoms with van der Waals surface area (Å²) in [5.74, 6) is 0. The van der Waals surface area contributed by atoms with E-state index in [1.165, 1.54) is 12.5 Å². The molecule has 0 aromatic carbocycles. The van der Waals surface area contributed by atoms with Gasteiger partial charge in [0.15, 0.2) is 0 Å². The Balaban J connectivity index is 2.34. The van der Waals surface area contributed by atoms with Gasteiger partial charge >= 0.3 is 0 Å². The van der Waals surface area contributed by atoms with E-state index in [-0.39, 0.29) is 0 Å². The molecule has 6 heavy (non-hydrogen) atoms. The maximum absolute atomic E-state index is 5.22. The second kappa shape index (κ2) is 5.18. The lowest BCUT2D eigenvalue weighted by Crippen LogP contribution is -1.98. The van der Waals surface area contributed by atoms with Gasteiger partial charge in [0.2, 0.25) is 0 Å². The Kier molecular flexibility index (Phi) is 5.33. The van der Waals surface area contributed by atoms with Gasteiger partial charge in [-0.3, -0.25) is 0 Å². The summed E-state index contributed by atoms with van der Waals surface area (Å²) in [6, 6.07) is 1.32. The molecule has 2 radical (unpaired) electrons. The molecule has 0 rings (SSSR count). The first-order valence-corrected chi connectivity index (χ1v) is 3.97. The Morgan fingerprint density at radius 1 is 1.67 bits per heavy atom. The lowest BCUT2D eigenvalue weighted by molar-refractivity contribution is 0.926. The molecule has 0 saturated carbocycles. The van der Waals surface area contributed by atoms with E-state index in [0.29, 0.717) is 0 Å². The van der Waals surface area contributed by atoms with Gasteiger partial charge in [0, 0.05) is 9.52 Å². The molecule has 2 N–H and O–H groups in total. The zero-order valence-electron chi connectivity index (χ0n) is 4.20. The minimum Gasteiger partial charge on any atom is -0.330 e. The number of rotatable bonds is 3. The predicted octanol–water partition coefficient (Wildman–Crippen LogP) is 0.506. The van der Waals surface area contributed by atoms with E-state index >= 15 is 0 Å². The Bertz CT molecular complexity index is 19.5. The predicted molar refractivity (Wildman–Crippen MR) is 30.1 cm³/mol. The van der Waals surface area contributed by atoms with Crippen LogP contribution in [0.2, 0.25) is 12.6 Å². The van der Waals surface area contributed by atoms with Crippen LogP contribution in [0.3, 0.4) is 0 Å². The van der Waals surface area contributed by atoms with Crippen molar-refractivity contribution in [1.82, 2.24) is 0 Å². The van der Waals surface area contributed by atoms with E-state index in [9.17, 15) is 0 Å². The van der Waals surface area contributed by atoms with E-state index in [1.807, 2.05) is 0 Å². The van der Waals surface area contributed by atoms with Crippen LogP contribution in [0.5, 0.6) is 0 Å². The average molecular weight is 101 g/mol. The summed E-state index contributed by atoms with van der Waals surface area (Å²) in [6.45, 7) is 3.07. The second-order valence-electron chi connectivity index (χ2n) is 1.25. The van der Waals surface area contributed by atoms with Crippen molar-refractivity contribution in [2.45, 2.75) is 19.0 Å². The molecule has 0 bridgehead atoms. The van der Waals surface area contributed by atoms with Crippen molar-refractivity contribution < 1.29 is 0 Å². The largest absolute Gasteiger partial charge is 0.330 e. The number of hydrogen-bond donors (Lipinski definition) is 1. The van der Waals surface area contributed by atoms with Crippen molar-refractivity contribution in [2.24, 2.45) is 5.73 Å². The molecule has 0 aliphatic heterocycles. The van der Waals surface area contributed by atoms with Gasteiger partial charge in [-0.25, -0.2) is 0 Å². The average Bonchev–Trinajstić information content (AvgIpc) is 1.61. The Labute approximate surface area is 41.7 Å². The Morgan fingerprint density at radius 3 is 2.50 bits per heavy atom. The fourth-order valence-corrected chi connectivity index (χ4v) is 0.837. The van der Waals surface area contributed by atoms with Crippen LogP contribution in [0.4, 0.5) is 0 Å². The van der Waals surface area contributed by atoms with Gasteiger partial charge in [0.25, 0.3) is 0 Å². The van der Waals surface area contributed by atoms with E-state index < -0.39 is 0 Å². The number of nitrogens with two attached hydrogens (primary N) is 1. The Morgan fingerprint density at radius 2 is 2.33 bits per heavy atom. The summed E-state index contributed by atoms with van der Waals surface area (Å²) in [5, 5.41) is 0. The molecule has 0 aliphatic carbocycles. The first-order chi connectivity index (χ1) is 2.91. The maximum atomic E-state index is 5.22. The fraction of sp³-hybridized carbons (Fsp3) is 1.00. The molecule has 0 amide bonds. The summed E-state index contributed by atoms with van der Waals surface area (Å²) in [7, 11) is 1.08. The standard InChI is InChI=1S/C4H11NSi/c1-6-4-2-3-5/h2-5H2,1H3. The molecule has 0 atom stereocenters. The van der Waals surface area contributed by atoms with E-state index in [4.69, 9.17) is 5.73 Å². The molecule has 0 fully saturated rings. The second-order valence-corrected chi connectivity index (χ2v) is 2.45. The van der Waals surface area contributed by atoms with Crippen LogP contribution in [0.1, 0.15) is 6.42 Å². The van der Waals surface area contributed by atoms with E-state index in [1.54, 1.807) is 0 Å².